The molecule has 0 aliphatic carbocycles. The average molecular weight is 332 g/mol. The molecule has 0 aliphatic heterocycles. The van der Waals surface area contributed by atoms with Crippen LogP contribution in [-0.2, 0) is 16.1 Å². The maximum absolute atomic E-state index is 12.4. The van der Waals surface area contributed by atoms with Gasteiger partial charge in [-0.25, -0.2) is 0 Å². The van der Waals surface area contributed by atoms with E-state index in [9.17, 15) is 13.6 Å². The summed E-state index contributed by atoms with van der Waals surface area (Å²) in [6.07, 6.45) is 0. The van der Waals surface area contributed by atoms with Gasteiger partial charge in [0.15, 0.2) is 11.5 Å². The van der Waals surface area contributed by atoms with Gasteiger partial charge in [0.1, 0.15) is 6.04 Å². The maximum atomic E-state index is 12.4. The monoisotopic (exact) mass is 332 g/mol. The molecule has 0 aliphatic rings. The van der Waals surface area contributed by atoms with E-state index in [1.807, 2.05) is 0 Å². The molecule has 1 rings (SSSR count). The van der Waals surface area contributed by atoms with E-state index in [1.165, 1.54) is 18.1 Å². The number of likely N-dealkylation sites (N-methyl/N-ethyl adjacent to an activating group) is 1. The first-order valence-corrected chi connectivity index (χ1v) is 7.09. The summed E-state index contributed by atoms with van der Waals surface area (Å²) in [6.45, 7) is -0.523. The summed E-state index contributed by atoms with van der Waals surface area (Å²) in [4.78, 5) is 13.5. The minimum absolute atomic E-state index is 0.0457. The molecule has 1 atom stereocenters. The van der Waals surface area contributed by atoms with E-state index >= 15 is 0 Å². The van der Waals surface area contributed by atoms with Gasteiger partial charge < -0.3 is 24.8 Å². The van der Waals surface area contributed by atoms with Crippen molar-refractivity contribution in [3.05, 3.63) is 23.8 Å². The molecule has 130 valence electrons. The Kier molecular flexibility index (Phi) is 7.70. The molecule has 1 unspecified atom stereocenters. The first-order valence-electron chi connectivity index (χ1n) is 7.09. The zero-order chi connectivity index (χ0) is 17.4. The van der Waals surface area contributed by atoms with Crippen LogP contribution in [0, 0.1) is 0 Å². The largest absolute Gasteiger partial charge is 0.490 e. The second kappa shape index (κ2) is 9.26. The van der Waals surface area contributed by atoms with E-state index in [1.54, 1.807) is 26.1 Å². The highest BCUT2D eigenvalue weighted by molar-refractivity contribution is 5.81. The highest BCUT2D eigenvalue weighted by Gasteiger charge is 2.19. The number of carbonyl (C=O) groups excluding carboxylic acids is 1. The molecule has 0 saturated carbocycles. The van der Waals surface area contributed by atoms with E-state index < -0.39 is 12.7 Å². The summed E-state index contributed by atoms with van der Waals surface area (Å²) in [5, 5.41) is 0. The minimum atomic E-state index is -2.93. The van der Waals surface area contributed by atoms with Gasteiger partial charge in [-0.1, -0.05) is 6.07 Å². The average Bonchev–Trinajstić information content (AvgIpc) is 2.49. The van der Waals surface area contributed by atoms with Crippen molar-refractivity contribution in [2.75, 3.05) is 27.4 Å². The number of amides is 1. The number of nitrogens with two attached hydrogens (primary N) is 1. The molecule has 23 heavy (non-hydrogen) atoms. The van der Waals surface area contributed by atoms with Gasteiger partial charge in [0.2, 0.25) is 5.91 Å². The zero-order valence-corrected chi connectivity index (χ0v) is 13.4. The Morgan fingerprint density at radius 2 is 2.04 bits per heavy atom. The number of benzene rings is 1. The van der Waals surface area contributed by atoms with Crippen molar-refractivity contribution in [2.45, 2.75) is 26.1 Å². The highest BCUT2D eigenvalue weighted by atomic mass is 19.3. The number of hydrogen-bond acceptors (Lipinski definition) is 5. The molecule has 1 aromatic carbocycles. The van der Waals surface area contributed by atoms with Crippen LogP contribution >= 0.6 is 0 Å². The van der Waals surface area contributed by atoms with Crippen LogP contribution in [0.3, 0.4) is 0 Å². The van der Waals surface area contributed by atoms with Gasteiger partial charge in [0.05, 0.1) is 13.2 Å². The van der Waals surface area contributed by atoms with Crippen molar-refractivity contribution in [1.29, 1.82) is 0 Å². The van der Waals surface area contributed by atoms with Gasteiger partial charge in [-0.3, -0.25) is 4.79 Å². The van der Waals surface area contributed by atoms with Gasteiger partial charge in [-0.2, -0.15) is 8.78 Å². The topological polar surface area (TPSA) is 74.0 Å². The van der Waals surface area contributed by atoms with Crippen LogP contribution in [0.25, 0.3) is 0 Å². The number of ether oxygens (including phenoxy) is 3. The molecule has 2 N–H and O–H groups in total. The zero-order valence-electron chi connectivity index (χ0n) is 13.4. The Morgan fingerprint density at radius 3 is 2.61 bits per heavy atom. The summed E-state index contributed by atoms with van der Waals surface area (Å²) in [5.74, 6) is -0.124. The van der Waals surface area contributed by atoms with Crippen LogP contribution in [0.1, 0.15) is 12.5 Å². The van der Waals surface area contributed by atoms with Crippen LogP contribution in [0.2, 0.25) is 0 Å². The lowest BCUT2D eigenvalue weighted by Gasteiger charge is -2.21. The predicted molar refractivity (Wildman–Crippen MR) is 80.6 cm³/mol. The molecule has 1 amide bonds. The number of hydrogen-bond donors (Lipinski definition) is 1. The molecule has 0 saturated heterocycles. The Morgan fingerprint density at radius 1 is 1.35 bits per heavy atom. The molecular weight excluding hydrogens is 310 g/mol. The summed E-state index contributed by atoms with van der Waals surface area (Å²) in [6, 6.07) is 3.79. The Bertz CT molecular complexity index is 514. The number of alkyl halides is 2. The van der Waals surface area contributed by atoms with Crippen molar-refractivity contribution in [3.63, 3.8) is 0 Å². The van der Waals surface area contributed by atoms with Crippen molar-refractivity contribution >= 4 is 5.91 Å². The van der Waals surface area contributed by atoms with Gasteiger partial charge in [-0.05, 0) is 24.6 Å². The second-order valence-corrected chi connectivity index (χ2v) is 4.85. The van der Waals surface area contributed by atoms with Crippen LogP contribution in [-0.4, -0.2) is 50.8 Å². The van der Waals surface area contributed by atoms with Gasteiger partial charge in [-0.15, -0.1) is 0 Å². The Balaban J connectivity index is 2.84. The van der Waals surface area contributed by atoms with E-state index in [0.717, 1.165) is 0 Å². The summed E-state index contributed by atoms with van der Waals surface area (Å²) in [5.41, 5.74) is 6.40. The van der Waals surface area contributed by atoms with Crippen LogP contribution in [0.15, 0.2) is 18.2 Å². The predicted octanol–water partition coefficient (Wildman–Crippen LogP) is 1.62. The quantitative estimate of drug-likeness (QED) is 0.744. The molecule has 0 aromatic heterocycles. The van der Waals surface area contributed by atoms with E-state index in [-0.39, 0.29) is 30.6 Å². The fraction of sp³-hybridized carbons (Fsp3) is 0.533. The van der Waals surface area contributed by atoms with Crippen molar-refractivity contribution in [2.24, 2.45) is 5.73 Å². The first-order chi connectivity index (χ1) is 10.9. The third-order valence-electron chi connectivity index (χ3n) is 2.98. The number of nitrogens with zero attached hydrogens (tertiary/aromatic N) is 1. The molecule has 0 bridgehead atoms. The normalized spacial score (nSPS) is 12.1. The number of rotatable bonds is 9. The summed E-state index contributed by atoms with van der Waals surface area (Å²) >= 11 is 0. The van der Waals surface area contributed by atoms with Crippen molar-refractivity contribution < 1.29 is 27.8 Å². The number of halogens is 2. The molecule has 0 heterocycles. The van der Waals surface area contributed by atoms with E-state index in [4.69, 9.17) is 15.2 Å². The summed E-state index contributed by atoms with van der Waals surface area (Å²) < 4.78 is 39.3. The van der Waals surface area contributed by atoms with Crippen molar-refractivity contribution in [3.8, 4) is 11.5 Å². The minimum Gasteiger partial charge on any atom is -0.490 e. The molecule has 6 nitrogen and oxygen atoms in total. The Labute approximate surface area is 134 Å². The third-order valence-corrected chi connectivity index (χ3v) is 2.98. The van der Waals surface area contributed by atoms with E-state index in [2.05, 4.69) is 4.74 Å². The number of methoxy groups -OCH3 is 1. The smallest absolute Gasteiger partial charge is 0.387 e. The molecule has 0 fully saturated rings. The van der Waals surface area contributed by atoms with Crippen LogP contribution < -0.4 is 15.2 Å². The fourth-order valence-corrected chi connectivity index (χ4v) is 2.00. The molecule has 1 aromatic rings. The van der Waals surface area contributed by atoms with Crippen LogP contribution in [0.5, 0.6) is 11.5 Å². The van der Waals surface area contributed by atoms with Gasteiger partial charge in [0, 0.05) is 20.7 Å². The van der Waals surface area contributed by atoms with Gasteiger partial charge in [0.25, 0.3) is 0 Å². The van der Waals surface area contributed by atoms with E-state index in [0.29, 0.717) is 12.2 Å². The highest BCUT2D eigenvalue weighted by Crippen LogP contribution is 2.30. The lowest BCUT2D eigenvalue weighted by molar-refractivity contribution is -0.133. The standard InChI is InChI=1S/C15H22F2N2O4/c1-4-22-13-7-10(5-6-12(13)23-15(16)17)8-19(2)14(20)11(18)9-21-3/h5-7,11,15H,4,8-9,18H2,1-3H3. The van der Waals surface area contributed by atoms with Crippen molar-refractivity contribution in [1.82, 2.24) is 4.90 Å². The lowest BCUT2D eigenvalue weighted by atomic mass is 10.1. The Hall–Kier alpha value is -1.93. The first kappa shape index (κ1) is 19.1. The lowest BCUT2D eigenvalue weighted by Crippen LogP contribution is -2.44. The van der Waals surface area contributed by atoms with Gasteiger partial charge >= 0.3 is 6.61 Å². The third kappa shape index (κ3) is 5.99. The molecule has 0 radical (unpaired) electrons. The number of carbonyl (C=O) groups is 1. The molecule has 8 heteroatoms. The molecule has 0 spiro atoms. The molecular formula is C15H22F2N2O4. The van der Waals surface area contributed by atoms with Crippen LogP contribution in [0.4, 0.5) is 8.78 Å². The summed E-state index contributed by atoms with van der Waals surface area (Å²) in [7, 11) is 3.06. The second-order valence-electron chi connectivity index (χ2n) is 4.85. The SMILES string of the molecule is CCOc1cc(CN(C)C(=O)C(N)COC)ccc1OC(F)F. The fourth-order valence-electron chi connectivity index (χ4n) is 2.00. The maximum Gasteiger partial charge on any atom is 0.387 e.